The van der Waals surface area contributed by atoms with E-state index in [1.54, 1.807) is 6.92 Å². The average Bonchev–Trinajstić information content (AvgIpc) is 2.62. The number of aliphatic hydroxyl groups excluding tert-OH is 1. The minimum atomic E-state index is -3.53. The van der Waals surface area contributed by atoms with Gasteiger partial charge in [0, 0.05) is 12.6 Å². The lowest BCUT2D eigenvalue weighted by Crippen LogP contribution is -2.32. The van der Waals surface area contributed by atoms with Crippen LogP contribution in [0, 0.1) is 0 Å². The van der Waals surface area contributed by atoms with Gasteiger partial charge < -0.3 is 5.11 Å². The molecule has 0 aliphatic carbocycles. The van der Waals surface area contributed by atoms with Crippen molar-refractivity contribution in [1.29, 1.82) is 0 Å². The number of hydrogen-bond donors (Lipinski definition) is 2. The van der Waals surface area contributed by atoms with Gasteiger partial charge in [-0.3, -0.25) is 0 Å². The second-order valence-electron chi connectivity index (χ2n) is 3.32. The van der Waals surface area contributed by atoms with Gasteiger partial charge in [-0.05, 0) is 19.8 Å². The monoisotopic (exact) mass is 284 g/mol. The number of sulfonamides is 1. The van der Waals surface area contributed by atoms with E-state index in [-0.39, 0.29) is 21.3 Å². The summed E-state index contributed by atoms with van der Waals surface area (Å²) in [6.45, 7) is 1.80. The van der Waals surface area contributed by atoms with Gasteiger partial charge in [-0.1, -0.05) is 22.9 Å². The van der Waals surface area contributed by atoms with Crippen molar-refractivity contribution in [3.8, 4) is 0 Å². The Bertz CT molecular complexity index is 432. The standard InChI is InChI=1S/C8H13ClN2O3S2/c1-6(3-2-4-12)11-16(13,14)7-5-10-8(9)15-7/h5-6,11-12H,2-4H2,1H3. The Morgan fingerprint density at radius 3 is 2.88 bits per heavy atom. The first kappa shape index (κ1) is 13.9. The third-order valence-electron chi connectivity index (χ3n) is 1.87. The van der Waals surface area contributed by atoms with Crippen LogP contribution in [0.15, 0.2) is 10.4 Å². The molecule has 0 spiro atoms. The van der Waals surface area contributed by atoms with E-state index in [1.807, 2.05) is 0 Å². The van der Waals surface area contributed by atoms with Crippen LogP contribution in [0.3, 0.4) is 0 Å². The predicted molar refractivity (Wildman–Crippen MR) is 63.2 cm³/mol. The van der Waals surface area contributed by atoms with Gasteiger partial charge >= 0.3 is 0 Å². The van der Waals surface area contributed by atoms with Crippen molar-refractivity contribution in [3.63, 3.8) is 0 Å². The molecule has 0 fully saturated rings. The summed E-state index contributed by atoms with van der Waals surface area (Å²) in [6, 6.07) is -0.224. The van der Waals surface area contributed by atoms with Gasteiger partial charge in [-0.15, -0.1) is 0 Å². The van der Waals surface area contributed by atoms with Crippen molar-refractivity contribution in [2.45, 2.75) is 30.0 Å². The fourth-order valence-electron chi connectivity index (χ4n) is 1.14. The molecular formula is C8H13ClN2O3S2. The number of hydrogen-bond acceptors (Lipinski definition) is 5. The molecule has 0 aliphatic rings. The minimum absolute atomic E-state index is 0.0540. The predicted octanol–water partition coefficient (Wildman–Crippen LogP) is 1.24. The van der Waals surface area contributed by atoms with Crippen molar-refractivity contribution in [2.75, 3.05) is 6.61 Å². The topological polar surface area (TPSA) is 79.3 Å². The third-order valence-corrected chi connectivity index (χ3v) is 5.04. The molecule has 0 bridgehead atoms. The zero-order chi connectivity index (χ0) is 12.2. The maximum atomic E-state index is 11.8. The summed E-state index contributed by atoms with van der Waals surface area (Å²) in [6.07, 6.45) is 2.38. The quantitative estimate of drug-likeness (QED) is 0.824. The van der Waals surface area contributed by atoms with E-state index in [9.17, 15) is 8.42 Å². The Morgan fingerprint density at radius 2 is 2.38 bits per heavy atom. The molecular weight excluding hydrogens is 272 g/mol. The number of thiazole rings is 1. The molecule has 0 aliphatic heterocycles. The van der Waals surface area contributed by atoms with Crippen LogP contribution in [0.25, 0.3) is 0 Å². The highest BCUT2D eigenvalue weighted by molar-refractivity contribution is 7.91. The first-order valence-corrected chi connectivity index (χ1v) is 7.38. The van der Waals surface area contributed by atoms with E-state index < -0.39 is 10.0 Å². The highest BCUT2D eigenvalue weighted by Crippen LogP contribution is 2.22. The molecule has 0 saturated carbocycles. The second kappa shape index (κ2) is 5.92. The molecule has 1 heterocycles. The first-order valence-electron chi connectivity index (χ1n) is 4.70. The van der Waals surface area contributed by atoms with Crippen LogP contribution in [-0.2, 0) is 10.0 Å². The van der Waals surface area contributed by atoms with Gasteiger partial charge in [0.2, 0.25) is 0 Å². The third kappa shape index (κ3) is 3.99. The van der Waals surface area contributed by atoms with Crippen molar-refractivity contribution in [3.05, 3.63) is 10.7 Å². The fraction of sp³-hybridized carbons (Fsp3) is 0.625. The van der Waals surface area contributed by atoms with Gasteiger partial charge in [0.15, 0.2) is 8.68 Å². The number of aliphatic hydroxyl groups is 1. The van der Waals surface area contributed by atoms with Crippen LogP contribution in [0.1, 0.15) is 19.8 Å². The summed E-state index contributed by atoms with van der Waals surface area (Å²) in [5.41, 5.74) is 0. The molecule has 1 rings (SSSR count). The van der Waals surface area contributed by atoms with Crippen LogP contribution in [0.4, 0.5) is 0 Å². The smallest absolute Gasteiger partial charge is 0.251 e. The van der Waals surface area contributed by atoms with Gasteiger partial charge in [0.1, 0.15) is 0 Å². The van der Waals surface area contributed by atoms with Crippen molar-refractivity contribution in [1.82, 2.24) is 9.71 Å². The summed E-state index contributed by atoms with van der Waals surface area (Å²) in [4.78, 5) is 3.68. The van der Waals surface area contributed by atoms with Crippen molar-refractivity contribution < 1.29 is 13.5 Å². The number of rotatable bonds is 6. The highest BCUT2D eigenvalue weighted by Gasteiger charge is 2.19. The van der Waals surface area contributed by atoms with Crippen molar-refractivity contribution in [2.24, 2.45) is 0 Å². The number of nitrogens with one attached hydrogen (secondary N) is 1. The summed E-state index contributed by atoms with van der Waals surface area (Å²) in [5.74, 6) is 0. The molecule has 92 valence electrons. The van der Waals surface area contributed by atoms with E-state index in [0.717, 1.165) is 11.3 Å². The fourth-order valence-corrected chi connectivity index (χ4v) is 3.73. The van der Waals surface area contributed by atoms with Gasteiger partial charge in [-0.2, -0.15) is 0 Å². The maximum absolute atomic E-state index is 11.8. The van der Waals surface area contributed by atoms with Gasteiger partial charge in [0.25, 0.3) is 10.0 Å². The SMILES string of the molecule is CC(CCCO)NS(=O)(=O)c1cnc(Cl)s1. The van der Waals surface area contributed by atoms with E-state index in [4.69, 9.17) is 16.7 Å². The lowest BCUT2D eigenvalue weighted by atomic mass is 10.2. The Labute approximate surface area is 104 Å². The minimum Gasteiger partial charge on any atom is -0.396 e. The molecule has 1 aromatic rings. The Morgan fingerprint density at radius 1 is 1.69 bits per heavy atom. The van der Waals surface area contributed by atoms with Gasteiger partial charge in [-0.25, -0.2) is 18.1 Å². The molecule has 1 unspecified atom stereocenters. The first-order chi connectivity index (χ1) is 7.45. The Balaban J connectivity index is 2.65. The molecule has 2 N–H and O–H groups in total. The van der Waals surface area contributed by atoms with Crippen LogP contribution in [0.5, 0.6) is 0 Å². The summed E-state index contributed by atoms with van der Waals surface area (Å²) in [5, 5.41) is 8.63. The van der Waals surface area contributed by atoms with Crippen LogP contribution < -0.4 is 4.72 Å². The zero-order valence-corrected chi connectivity index (χ0v) is 11.1. The molecule has 1 atom stereocenters. The van der Waals surface area contributed by atoms with Crippen LogP contribution in [0.2, 0.25) is 4.47 Å². The number of nitrogens with zero attached hydrogens (tertiary/aromatic N) is 1. The number of aromatic nitrogens is 1. The summed E-state index contributed by atoms with van der Waals surface area (Å²) in [7, 11) is -3.53. The maximum Gasteiger partial charge on any atom is 0.251 e. The summed E-state index contributed by atoms with van der Waals surface area (Å²) < 4.78 is 26.3. The second-order valence-corrected chi connectivity index (χ2v) is 6.87. The molecule has 16 heavy (non-hydrogen) atoms. The molecule has 8 heteroatoms. The largest absolute Gasteiger partial charge is 0.396 e. The molecule has 0 amide bonds. The zero-order valence-electron chi connectivity index (χ0n) is 8.68. The van der Waals surface area contributed by atoms with E-state index in [1.165, 1.54) is 6.20 Å². The Hall–Kier alpha value is -0.210. The van der Waals surface area contributed by atoms with E-state index in [0.29, 0.717) is 12.8 Å². The lowest BCUT2D eigenvalue weighted by molar-refractivity contribution is 0.279. The highest BCUT2D eigenvalue weighted by atomic mass is 35.5. The molecule has 0 aromatic carbocycles. The summed E-state index contributed by atoms with van der Waals surface area (Å²) >= 11 is 6.48. The molecule has 5 nitrogen and oxygen atoms in total. The average molecular weight is 285 g/mol. The normalized spacial score (nSPS) is 13.9. The van der Waals surface area contributed by atoms with E-state index >= 15 is 0 Å². The van der Waals surface area contributed by atoms with E-state index in [2.05, 4.69) is 9.71 Å². The Kier molecular flexibility index (Phi) is 5.13. The number of halogens is 1. The van der Waals surface area contributed by atoms with Crippen LogP contribution in [-0.4, -0.2) is 31.2 Å². The van der Waals surface area contributed by atoms with Crippen LogP contribution >= 0.6 is 22.9 Å². The lowest BCUT2D eigenvalue weighted by Gasteiger charge is -2.11. The molecule has 0 radical (unpaired) electrons. The van der Waals surface area contributed by atoms with Gasteiger partial charge in [0.05, 0.1) is 6.20 Å². The van der Waals surface area contributed by atoms with Crippen molar-refractivity contribution >= 4 is 33.0 Å². The molecule has 1 aromatic heterocycles. The molecule has 0 saturated heterocycles.